The third-order valence-corrected chi connectivity index (χ3v) is 4.69. The van der Waals surface area contributed by atoms with E-state index < -0.39 is 17.8 Å². The van der Waals surface area contributed by atoms with Crippen molar-refractivity contribution in [3.05, 3.63) is 64.7 Å². The standard InChI is InChI=1S/C19H18ClNO3/c1-3-24-19(23)17-16(12-8-4-6-10-14(12)20)13-9-5-7-11-15(13)21(2)18(17)22/h4-11,16-17H,3H2,1-2H3. The largest absolute Gasteiger partial charge is 0.465 e. The molecule has 1 amide bonds. The number of carbonyl (C=O) groups is 2. The summed E-state index contributed by atoms with van der Waals surface area (Å²) in [4.78, 5) is 26.9. The maximum atomic E-state index is 12.9. The van der Waals surface area contributed by atoms with Crippen LogP contribution in [-0.2, 0) is 14.3 Å². The van der Waals surface area contributed by atoms with Crippen LogP contribution < -0.4 is 4.90 Å². The minimum atomic E-state index is -0.940. The number of para-hydroxylation sites is 1. The second kappa shape index (κ2) is 6.65. The van der Waals surface area contributed by atoms with Gasteiger partial charge in [0.25, 0.3) is 0 Å². The minimum Gasteiger partial charge on any atom is -0.465 e. The molecule has 2 atom stereocenters. The summed E-state index contributed by atoms with van der Waals surface area (Å²) in [5.74, 6) is -2.20. The number of esters is 1. The predicted molar refractivity (Wildman–Crippen MR) is 93.3 cm³/mol. The minimum absolute atomic E-state index is 0.225. The highest BCUT2D eigenvalue weighted by Crippen LogP contribution is 2.45. The van der Waals surface area contributed by atoms with Gasteiger partial charge in [-0.05, 0) is 30.2 Å². The molecule has 0 radical (unpaired) electrons. The number of fused-ring (bicyclic) bond motifs is 1. The number of halogens is 1. The fourth-order valence-corrected chi connectivity index (χ4v) is 3.50. The molecule has 0 bridgehead atoms. The highest BCUT2D eigenvalue weighted by atomic mass is 35.5. The smallest absolute Gasteiger partial charge is 0.319 e. The van der Waals surface area contributed by atoms with E-state index in [1.165, 1.54) is 4.90 Å². The van der Waals surface area contributed by atoms with Crippen LogP contribution in [-0.4, -0.2) is 25.5 Å². The lowest BCUT2D eigenvalue weighted by atomic mass is 9.76. The van der Waals surface area contributed by atoms with E-state index in [2.05, 4.69) is 0 Å². The molecule has 0 fully saturated rings. The van der Waals surface area contributed by atoms with Crippen molar-refractivity contribution in [1.29, 1.82) is 0 Å². The Morgan fingerprint density at radius 1 is 1.12 bits per heavy atom. The number of amides is 1. The molecule has 2 aromatic carbocycles. The van der Waals surface area contributed by atoms with E-state index in [0.29, 0.717) is 5.02 Å². The lowest BCUT2D eigenvalue weighted by Crippen LogP contribution is -2.45. The van der Waals surface area contributed by atoms with Gasteiger partial charge in [-0.15, -0.1) is 0 Å². The molecule has 0 spiro atoms. The number of rotatable bonds is 3. The molecule has 5 heteroatoms. The van der Waals surface area contributed by atoms with Crippen LogP contribution in [0.1, 0.15) is 24.0 Å². The van der Waals surface area contributed by atoms with E-state index in [4.69, 9.17) is 16.3 Å². The number of hydrogen-bond acceptors (Lipinski definition) is 3. The van der Waals surface area contributed by atoms with E-state index in [1.807, 2.05) is 42.5 Å². The first-order valence-corrected chi connectivity index (χ1v) is 8.21. The van der Waals surface area contributed by atoms with Gasteiger partial charge in [-0.1, -0.05) is 48.0 Å². The van der Waals surface area contributed by atoms with Gasteiger partial charge in [0.2, 0.25) is 5.91 Å². The summed E-state index contributed by atoms with van der Waals surface area (Å²) in [5, 5.41) is 0.531. The van der Waals surface area contributed by atoms with Crippen LogP contribution in [0.4, 0.5) is 5.69 Å². The second-order valence-corrected chi connectivity index (χ2v) is 6.09. The number of anilines is 1. The van der Waals surface area contributed by atoms with Crippen molar-refractivity contribution in [2.75, 3.05) is 18.6 Å². The highest BCUT2D eigenvalue weighted by molar-refractivity contribution is 6.31. The summed E-state index contributed by atoms with van der Waals surface area (Å²) in [6, 6.07) is 14.9. The molecule has 124 valence electrons. The number of hydrogen-bond donors (Lipinski definition) is 0. The molecule has 4 nitrogen and oxygen atoms in total. The van der Waals surface area contributed by atoms with E-state index in [-0.39, 0.29) is 12.5 Å². The van der Waals surface area contributed by atoms with Gasteiger partial charge in [0.1, 0.15) is 5.92 Å². The highest BCUT2D eigenvalue weighted by Gasteiger charge is 2.45. The van der Waals surface area contributed by atoms with E-state index in [9.17, 15) is 9.59 Å². The summed E-state index contributed by atoms with van der Waals surface area (Å²) in [6.07, 6.45) is 0. The van der Waals surface area contributed by atoms with Gasteiger partial charge < -0.3 is 9.64 Å². The lowest BCUT2D eigenvalue weighted by Gasteiger charge is -2.37. The molecule has 0 N–H and O–H groups in total. The number of carbonyl (C=O) groups excluding carboxylic acids is 2. The Kier molecular flexibility index (Phi) is 4.58. The van der Waals surface area contributed by atoms with Crippen LogP contribution in [0, 0.1) is 5.92 Å². The normalized spacial score (nSPS) is 19.8. The number of ether oxygens (including phenoxy) is 1. The Bertz CT molecular complexity index is 790. The molecule has 2 aromatic rings. The van der Waals surface area contributed by atoms with E-state index >= 15 is 0 Å². The van der Waals surface area contributed by atoms with Gasteiger partial charge in [0, 0.05) is 23.7 Å². The molecule has 0 saturated heterocycles. The fraction of sp³-hybridized carbons (Fsp3) is 0.263. The van der Waals surface area contributed by atoms with Gasteiger partial charge in [-0.25, -0.2) is 0 Å². The second-order valence-electron chi connectivity index (χ2n) is 5.68. The van der Waals surface area contributed by atoms with E-state index in [1.54, 1.807) is 20.0 Å². The maximum absolute atomic E-state index is 12.9. The fourth-order valence-electron chi connectivity index (χ4n) is 3.25. The van der Waals surface area contributed by atoms with Crippen LogP contribution in [0.3, 0.4) is 0 Å². The average molecular weight is 344 g/mol. The van der Waals surface area contributed by atoms with Crippen molar-refractivity contribution in [2.45, 2.75) is 12.8 Å². The van der Waals surface area contributed by atoms with Crippen molar-refractivity contribution in [3.63, 3.8) is 0 Å². The molecular formula is C19H18ClNO3. The Morgan fingerprint density at radius 3 is 2.42 bits per heavy atom. The first-order valence-electron chi connectivity index (χ1n) is 7.83. The van der Waals surface area contributed by atoms with Crippen molar-refractivity contribution in [3.8, 4) is 0 Å². The van der Waals surface area contributed by atoms with Gasteiger partial charge in [-0.2, -0.15) is 0 Å². The van der Waals surface area contributed by atoms with Crippen molar-refractivity contribution < 1.29 is 14.3 Å². The Morgan fingerprint density at radius 2 is 1.75 bits per heavy atom. The quantitative estimate of drug-likeness (QED) is 0.631. The summed E-state index contributed by atoms with van der Waals surface area (Å²) in [5.41, 5.74) is 2.44. The van der Waals surface area contributed by atoms with Gasteiger partial charge in [-0.3, -0.25) is 9.59 Å². The molecule has 1 heterocycles. The molecule has 3 rings (SSSR count). The summed E-state index contributed by atoms with van der Waals surface area (Å²) in [6.45, 7) is 1.95. The van der Waals surface area contributed by atoms with E-state index in [0.717, 1.165) is 16.8 Å². The molecule has 24 heavy (non-hydrogen) atoms. The van der Waals surface area contributed by atoms with Crippen molar-refractivity contribution in [2.24, 2.45) is 5.92 Å². The third-order valence-electron chi connectivity index (χ3n) is 4.34. The predicted octanol–water partition coefficient (Wildman–Crippen LogP) is 3.63. The van der Waals surface area contributed by atoms with Crippen molar-refractivity contribution >= 4 is 29.2 Å². The molecule has 1 aliphatic rings. The van der Waals surface area contributed by atoms with Gasteiger partial charge in [0.15, 0.2) is 0 Å². The zero-order valence-electron chi connectivity index (χ0n) is 13.5. The SMILES string of the molecule is CCOC(=O)C1C(=O)N(C)c2ccccc2C1c1ccccc1Cl. The van der Waals surface area contributed by atoms with Crippen LogP contribution >= 0.6 is 11.6 Å². The maximum Gasteiger partial charge on any atom is 0.319 e. The van der Waals surface area contributed by atoms with Crippen LogP contribution in [0.25, 0.3) is 0 Å². The first kappa shape index (κ1) is 16.5. The molecule has 1 aliphatic heterocycles. The summed E-state index contributed by atoms with van der Waals surface area (Å²) in [7, 11) is 1.68. The Labute approximate surface area is 146 Å². The van der Waals surface area contributed by atoms with Gasteiger partial charge >= 0.3 is 5.97 Å². The van der Waals surface area contributed by atoms with Crippen LogP contribution in [0.2, 0.25) is 5.02 Å². The number of benzene rings is 2. The Balaban J connectivity index is 2.22. The summed E-state index contributed by atoms with van der Waals surface area (Å²) < 4.78 is 5.18. The zero-order chi connectivity index (χ0) is 17.3. The lowest BCUT2D eigenvalue weighted by molar-refractivity contribution is -0.152. The van der Waals surface area contributed by atoms with Crippen LogP contribution in [0.15, 0.2) is 48.5 Å². The Hall–Kier alpha value is -2.33. The van der Waals surface area contributed by atoms with Gasteiger partial charge in [0.05, 0.1) is 6.61 Å². The molecule has 0 aromatic heterocycles. The zero-order valence-corrected chi connectivity index (χ0v) is 14.3. The topological polar surface area (TPSA) is 46.6 Å². The third kappa shape index (κ3) is 2.67. The van der Waals surface area contributed by atoms with Crippen LogP contribution in [0.5, 0.6) is 0 Å². The van der Waals surface area contributed by atoms with Crippen molar-refractivity contribution in [1.82, 2.24) is 0 Å². The molecule has 2 unspecified atom stereocenters. The summed E-state index contributed by atoms with van der Waals surface area (Å²) >= 11 is 6.38. The first-order chi connectivity index (χ1) is 11.6. The molecular weight excluding hydrogens is 326 g/mol. The number of nitrogens with zero attached hydrogens (tertiary/aromatic N) is 1. The molecule has 0 aliphatic carbocycles. The molecule has 0 saturated carbocycles. The average Bonchev–Trinajstić information content (AvgIpc) is 2.59. The monoisotopic (exact) mass is 343 g/mol.